The molecule has 0 amide bonds. The highest BCUT2D eigenvalue weighted by molar-refractivity contribution is 6.14. The zero-order chi connectivity index (χ0) is 33.7. The van der Waals surface area contributed by atoms with E-state index in [1.165, 1.54) is 32.7 Å². The number of hydrogen-bond acceptors (Lipinski definition) is 4. The third-order valence-electron chi connectivity index (χ3n) is 9.71. The molecule has 0 unspecified atom stereocenters. The number of aromatic nitrogens is 3. The van der Waals surface area contributed by atoms with Gasteiger partial charge in [-0.3, -0.25) is 0 Å². The van der Waals surface area contributed by atoms with Crippen LogP contribution in [0.4, 0.5) is 0 Å². The fourth-order valence-electron chi connectivity index (χ4n) is 7.16. The molecule has 4 heteroatoms. The minimum absolute atomic E-state index is 0.604. The van der Waals surface area contributed by atoms with E-state index >= 15 is 0 Å². The van der Waals surface area contributed by atoms with Gasteiger partial charge in [-0.15, -0.1) is 0 Å². The third-order valence-corrected chi connectivity index (χ3v) is 9.71. The Morgan fingerprint density at radius 1 is 0.314 bits per heavy atom. The van der Waals surface area contributed by atoms with E-state index < -0.39 is 0 Å². The maximum absolute atomic E-state index is 6.45. The van der Waals surface area contributed by atoms with Gasteiger partial charge in [-0.25, -0.2) is 15.0 Å². The molecular formula is C47H29N3O. The van der Waals surface area contributed by atoms with Crippen LogP contribution in [0.15, 0.2) is 180 Å². The fourth-order valence-corrected chi connectivity index (χ4v) is 7.16. The predicted molar refractivity (Wildman–Crippen MR) is 209 cm³/mol. The average molecular weight is 652 g/mol. The lowest BCUT2D eigenvalue weighted by atomic mass is 9.94. The van der Waals surface area contributed by atoms with Gasteiger partial charge in [0, 0.05) is 27.5 Å². The monoisotopic (exact) mass is 651 g/mol. The molecule has 4 nitrogen and oxygen atoms in total. The highest BCUT2D eigenvalue weighted by Gasteiger charge is 2.18. The van der Waals surface area contributed by atoms with Gasteiger partial charge in [0.25, 0.3) is 0 Å². The molecule has 10 rings (SSSR count). The largest absolute Gasteiger partial charge is 0.456 e. The van der Waals surface area contributed by atoms with E-state index in [0.29, 0.717) is 17.5 Å². The van der Waals surface area contributed by atoms with Crippen LogP contribution >= 0.6 is 0 Å². The van der Waals surface area contributed by atoms with Crippen molar-refractivity contribution in [2.24, 2.45) is 0 Å². The molecule has 0 radical (unpaired) electrons. The van der Waals surface area contributed by atoms with Crippen molar-refractivity contribution in [1.29, 1.82) is 0 Å². The second-order valence-corrected chi connectivity index (χ2v) is 12.8. The van der Waals surface area contributed by atoms with E-state index in [-0.39, 0.29) is 0 Å². The summed E-state index contributed by atoms with van der Waals surface area (Å²) in [6, 6.07) is 61.2. The third kappa shape index (κ3) is 5.13. The van der Waals surface area contributed by atoms with Crippen molar-refractivity contribution in [1.82, 2.24) is 15.0 Å². The van der Waals surface area contributed by atoms with E-state index in [0.717, 1.165) is 49.8 Å². The minimum Gasteiger partial charge on any atom is -0.456 e. The Hall–Kier alpha value is -6.91. The molecule has 0 bridgehead atoms. The smallest absolute Gasteiger partial charge is 0.164 e. The number of benzene rings is 8. The second-order valence-electron chi connectivity index (χ2n) is 12.8. The van der Waals surface area contributed by atoms with Crippen LogP contribution < -0.4 is 0 Å². The highest BCUT2D eigenvalue weighted by atomic mass is 16.3. The number of fused-ring (bicyclic) bond motifs is 6. The van der Waals surface area contributed by atoms with E-state index in [4.69, 9.17) is 19.4 Å². The van der Waals surface area contributed by atoms with Gasteiger partial charge in [0.2, 0.25) is 0 Å². The van der Waals surface area contributed by atoms with Crippen LogP contribution in [0.5, 0.6) is 0 Å². The molecule has 0 aliphatic heterocycles. The summed E-state index contributed by atoms with van der Waals surface area (Å²) in [5, 5.41) is 6.91. The number of nitrogens with zero attached hydrogens (tertiary/aromatic N) is 3. The molecule has 2 aromatic heterocycles. The van der Waals surface area contributed by atoms with Crippen LogP contribution in [0.25, 0.3) is 99.9 Å². The number of hydrogen-bond donors (Lipinski definition) is 0. The molecule has 51 heavy (non-hydrogen) atoms. The molecule has 0 N–H and O–H groups in total. The summed E-state index contributed by atoms with van der Waals surface area (Å²) < 4.78 is 6.45. The first-order chi connectivity index (χ1) is 25.2. The summed E-state index contributed by atoms with van der Waals surface area (Å²) in [6.45, 7) is 0. The molecule has 238 valence electrons. The minimum atomic E-state index is 0.604. The van der Waals surface area contributed by atoms with Crippen LogP contribution in [0.2, 0.25) is 0 Å². The number of furan rings is 1. The summed E-state index contributed by atoms with van der Waals surface area (Å²) in [5.41, 5.74) is 9.07. The SMILES string of the molecule is c1ccc(-c2ccc3ccc4ccc(-c5ccc6oc7cccc(-c8nc(-c9ccccc9)nc(-c9ccccc9)n8)c7c6c5)cc4c3c2)cc1. The van der Waals surface area contributed by atoms with Crippen molar-refractivity contribution < 1.29 is 4.42 Å². The van der Waals surface area contributed by atoms with Gasteiger partial charge in [-0.05, 0) is 74.1 Å². The number of rotatable bonds is 5. The van der Waals surface area contributed by atoms with Gasteiger partial charge >= 0.3 is 0 Å². The van der Waals surface area contributed by atoms with Crippen molar-refractivity contribution in [3.05, 3.63) is 176 Å². The lowest BCUT2D eigenvalue weighted by Crippen LogP contribution is -2.00. The van der Waals surface area contributed by atoms with Crippen molar-refractivity contribution in [3.63, 3.8) is 0 Å². The lowest BCUT2D eigenvalue weighted by molar-refractivity contribution is 0.669. The first kappa shape index (κ1) is 29.0. The van der Waals surface area contributed by atoms with Gasteiger partial charge < -0.3 is 4.42 Å². The maximum atomic E-state index is 6.45. The molecule has 0 saturated heterocycles. The Balaban J connectivity index is 1.15. The Kier molecular flexibility index (Phi) is 6.78. The highest BCUT2D eigenvalue weighted by Crippen LogP contribution is 2.39. The summed E-state index contributed by atoms with van der Waals surface area (Å²) >= 11 is 0. The molecule has 0 aliphatic rings. The quantitative estimate of drug-likeness (QED) is 0.174. The Bertz CT molecular complexity index is 2840. The summed E-state index contributed by atoms with van der Waals surface area (Å²) in [4.78, 5) is 15.0. The molecule has 10 aromatic rings. The van der Waals surface area contributed by atoms with E-state index in [2.05, 4.69) is 103 Å². The molecule has 2 heterocycles. The second kappa shape index (κ2) is 11.9. The van der Waals surface area contributed by atoms with Crippen LogP contribution in [-0.2, 0) is 0 Å². The summed E-state index contributed by atoms with van der Waals surface area (Å²) in [7, 11) is 0. The Morgan fingerprint density at radius 3 is 1.37 bits per heavy atom. The van der Waals surface area contributed by atoms with Gasteiger partial charge in [0.1, 0.15) is 11.2 Å². The molecule has 0 spiro atoms. The van der Waals surface area contributed by atoms with Crippen molar-refractivity contribution in [2.75, 3.05) is 0 Å². The lowest BCUT2D eigenvalue weighted by Gasteiger charge is -2.10. The maximum Gasteiger partial charge on any atom is 0.164 e. The van der Waals surface area contributed by atoms with E-state index in [1.807, 2.05) is 72.8 Å². The normalized spacial score (nSPS) is 11.5. The van der Waals surface area contributed by atoms with Crippen molar-refractivity contribution >= 4 is 43.5 Å². The van der Waals surface area contributed by atoms with E-state index in [9.17, 15) is 0 Å². The zero-order valence-electron chi connectivity index (χ0n) is 27.5. The van der Waals surface area contributed by atoms with E-state index in [1.54, 1.807) is 0 Å². The first-order valence-corrected chi connectivity index (χ1v) is 17.1. The predicted octanol–water partition coefficient (Wildman–Crippen LogP) is 12.4. The van der Waals surface area contributed by atoms with Crippen LogP contribution in [0.3, 0.4) is 0 Å². The Labute approximate surface area is 294 Å². The molecule has 0 saturated carbocycles. The molecule has 0 atom stereocenters. The van der Waals surface area contributed by atoms with Gasteiger partial charge in [-0.1, -0.05) is 146 Å². The standard InChI is InChI=1S/C47H29N3O/c1-4-11-30(12-5-1)35-23-21-31-19-20-32-22-24-36(28-40(32)39(31)27-35)37-25-26-42-41(29-37)44-38(17-10-18-43(44)51-42)47-49-45(33-13-6-2-7-14-33)48-46(50-47)34-15-8-3-9-16-34/h1-29H. The molecule has 8 aromatic carbocycles. The summed E-state index contributed by atoms with van der Waals surface area (Å²) in [5.74, 6) is 1.86. The van der Waals surface area contributed by atoms with Crippen LogP contribution in [0.1, 0.15) is 0 Å². The zero-order valence-corrected chi connectivity index (χ0v) is 27.5. The Morgan fingerprint density at radius 2 is 0.784 bits per heavy atom. The molecular weight excluding hydrogens is 623 g/mol. The van der Waals surface area contributed by atoms with Gasteiger partial charge in [-0.2, -0.15) is 0 Å². The van der Waals surface area contributed by atoms with Crippen LogP contribution in [0, 0.1) is 0 Å². The van der Waals surface area contributed by atoms with Gasteiger partial charge in [0.15, 0.2) is 17.5 Å². The average Bonchev–Trinajstić information content (AvgIpc) is 3.59. The molecule has 0 fully saturated rings. The van der Waals surface area contributed by atoms with Crippen molar-refractivity contribution in [2.45, 2.75) is 0 Å². The topological polar surface area (TPSA) is 51.8 Å². The summed E-state index contributed by atoms with van der Waals surface area (Å²) in [6.07, 6.45) is 0. The van der Waals surface area contributed by atoms with Gasteiger partial charge in [0.05, 0.1) is 0 Å². The molecule has 0 aliphatic carbocycles. The first-order valence-electron chi connectivity index (χ1n) is 17.1. The van der Waals surface area contributed by atoms with Crippen LogP contribution in [-0.4, -0.2) is 15.0 Å². The fraction of sp³-hybridized carbons (Fsp3) is 0. The van der Waals surface area contributed by atoms with Crippen molar-refractivity contribution in [3.8, 4) is 56.4 Å².